The van der Waals surface area contributed by atoms with Crippen molar-refractivity contribution in [1.82, 2.24) is 9.97 Å². The molecule has 0 saturated carbocycles. The lowest BCUT2D eigenvalue weighted by atomic mass is 10.1. The summed E-state index contributed by atoms with van der Waals surface area (Å²) in [6.07, 6.45) is 0. The molecule has 0 N–H and O–H groups in total. The molecule has 4 heteroatoms. The van der Waals surface area contributed by atoms with Gasteiger partial charge in [-0.3, -0.25) is 0 Å². The highest BCUT2D eigenvalue weighted by molar-refractivity contribution is 6.30. The molecule has 2 rings (SSSR count). The molecule has 1 aromatic carbocycles. The minimum Gasteiger partial charge on any atom is -0.355 e. The summed E-state index contributed by atoms with van der Waals surface area (Å²) in [4.78, 5) is 11.2. The number of hydrogen-bond donors (Lipinski definition) is 0. The van der Waals surface area contributed by atoms with Crippen molar-refractivity contribution in [3.63, 3.8) is 0 Å². The third kappa shape index (κ3) is 3.53. The molecule has 0 aliphatic carbocycles. The summed E-state index contributed by atoms with van der Waals surface area (Å²) in [5.41, 5.74) is 3.50. The molecule has 3 nitrogen and oxygen atoms in total. The van der Waals surface area contributed by atoms with Gasteiger partial charge in [0.1, 0.15) is 16.8 Å². The third-order valence-corrected chi connectivity index (χ3v) is 3.99. The first kappa shape index (κ1) is 15.8. The molecule has 0 unspecified atom stereocenters. The number of aromatic nitrogens is 2. The van der Waals surface area contributed by atoms with Gasteiger partial charge in [0, 0.05) is 25.1 Å². The minimum atomic E-state index is 0.258. The molecule has 0 aliphatic heterocycles. The largest absolute Gasteiger partial charge is 0.355 e. The van der Waals surface area contributed by atoms with Crippen molar-refractivity contribution in [3.05, 3.63) is 51.9 Å². The molecule has 0 bridgehead atoms. The van der Waals surface area contributed by atoms with Crippen LogP contribution in [0.5, 0.6) is 0 Å². The highest BCUT2D eigenvalue weighted by Gasteiger charge is 2.15. The molecule has 1 heterocycles. The van der Waals surface area contributed by atoms with Crippen LogP contribution in [0, 0.1) is 13.8 Å². The average molecular weight is 304 g/mol. The van der Waals surface area contributed by atoms with Crippen molar-refractivity contribution in [2.75, 3.05) is 11.9 Å². The van der Waals surface area contributed by atoms with Gasteiger partial charge in [0.25, 0.3) is 0 Å². The van der Waals surface area contributed by atoms with E-state index in [0.717, 1.165) is 23.8 Å². The van der Waals surface area contributed by atoms with Crippen LogP contribution in [0.15, 0.2) is 24.3 Å². The molecule has 0 amide bonds. The van der Waals surface area contributed by atoms with Gasteiger partial charge in [0.15, 0.2) is 0 Å². The van der Waals surface area contributed by atoms with Crippen molar-refractivity contribution < 1.29 is 0 Å². The summed E-state index contributed by atoms with van der Waals surface area (Å²) < 4.78 is 0. The van der Waals surface area contributed by atoms with E-state index < -0.39 is 0 Å². The smallest absolute Gasteiger partial charge is 0.137 e. The minimum absolute atomic E-state index is 0.258. The first-order chi connectivity index (χ1) is 9.90. The highest BCUT2D eigenvalue weighted by atomic mass is 35.5. The van der Waals surface area contributed by atoms with Gasteiger partial charge in [-0.15, -0.1) is 0 Å². The van der Waals surface area contributed by atoms with E-state index in [2.05, 4.69) is 59.9 Å². The van der Waals surface area contributed by atoms with Crippen LogP contribution >= 0.6 is 11.6 Å². The maximum absolute atomic E-state index is 6.26. The number of aryl methyl sites for hydroxylation is 1. The molecule has 2 aromatic rings. The maximum atomic E-state index is 6.26. The van der Waals surface area contributed by atoms with Gasteiger partial charge in [-0.1, -0.05) is 49.7 Å². The molecule has 21 heavy (non-hydrogen) atoms. The molecule has 0 spiro atoms. The van der Waals surface area contributed by atoms with Crippen LogP contribution in [-0.2, 0) is 6.54 Å². The highest BCUT2D eigenvalue weighted by Crippen LogP contribution is 2.26. The Bertz CT molecular complexity index is 638. The number of hydrogen-bond acceptors (Lipinski definition) is 3. The van der Waals surface area contributed by atoms with Crippen molar-refractivity contribution in [1.29, 1.82) is 0 Å². The van der Waals surface area contributed by atoms with E-state index in [-0.39, 0.29) is 5.92 Å². The summed E-state index contributed by atoms with van der Waals surface area (Å²) in [5, 5.41) is 0.542. The third-order valence-electron chi connectivity index (χ3n) is 3.62. The number of halogens is 1. The van der Waals surface area contributed by atoms with Gasteiger partial charge in [0.05, 0.1) is 0 Å². The summed E-state index contributed by atoms with van der Waals surface area (Å²) in [6, 6.07) is 8.40. The summed E-state index contributed by atoms with van der Waals surface area (Å²) in [6.45, 7) is 9.05. The zero-order valence-electron chi connectivity index (χ0n) is 13.3. The van der Waals surface area contributed by atoms with E-state index in [1.807, 2.05) is 14.0 Å². The Morgan fingerprint density at radius 1 is 1.14 bits per heavy atom. The van der Waals surface area contributed by atoms with Crippen molar-refractivity contribution >= 4 is 17.4 Å². The Balaban J connectivity index is 2.35. The fraction of sp³-hybridized carbons (Fsp3) is 0.412. The Kier molecular flexibility index (Phi) is 4.84. The van der Waals surface area contributed by atoms with Crippen LogP contribution < -0.4 is 4.90 Å². The van der Waals surface area contributed by atoms with Gasteiger partial charge in [-0.25, -0.2) is 9.97 Å². The Labute approximate surface area is 132 Å². The zero-order valence-corrected chi connectivity index (χ0v) is 14.1. The van der Waals surface area contributed by atoms with E-state index in [0.29, 0.717) is 5.15 Å². The summed E-state index contributed by atoms with van der Waals surface area (Å²) in [7, 11) is 2.04. The van der Waals surface area contributed by atoms with E-state index in [1.165, 1.54) is 11.1 Å². The second kappa shape index (κ2) is 6.44. The maximum Gasteiger partial charge on any atom is 0.137 e. The van der Waals surface area contributed by atoms with Crippen LogP contribution in [-0.4, -0.2) is 17.0 Å². The average Bonchev–Trinajstić information content (AvgIpc) is 2.43. The lowest BCUT2D eigenvalue weighted by Crippen LogP contribution is -2.21. The molecular weight excluding hydrogens is 282 g/mol. The fourth-order valence-electron chi connectivity index (χ4n) is 2.24. The predicted molar refractivity (Wildman–Crippen MR) is 89.2 cm³/mol. The monoisotopic (exact) mass is 303 g/mol. The number of anilines is 1. The second-order valence-corrected chi connectivity index (χ2v) is 6.12. The van der Waals surface area contributed by atoms with Crippen molar-refractivity contribution in [2.45, 2.75) is 40.2 Å². The lowest BCUT2D eigenvalue weighted by Gasteiger charge is -2.22. The number of nitrogens with zero attached hydrogens (tertiary/aromatic N) is 3. The van der Waals surface area contributed by atoms with Crippen molar-refractivity contribution in [2.24, 2.45) is 0 Å². The molecular formula is C17H22ClN3. The summed E-state index contributed by atoms with van der Waals surface area (Å²) in [5.74, 6) is 1.95. The first-order valence-corrected chi connectivity index (χ1v) is 7.57. The van der Waals surface area contributed by atoms with Gasteiger partial charge in [-0.05, 0) is 25.0 Å². The van der Waals surface area contributed by atoms with Gasteiger partial charge in [0.2, 0.25) is 0 Å². The van der Waals surface area contributed by atoms with Crippen LogP contribution in [0.2, 0.25) is 5.15 Å². The Morgan fingerprint density at radius 2 is 1.81 bits per heavy atom. The quantitative estimate of drug-likeness (QED) is 0.778. The molecule has 0 atom stereocenters. The van der Waals surface area contributed by atoms with Gasteiger partial charge >= 0.3 is 0 Å². The van der Waals surface area contributed by atoms with Gasteiger partial charge in [-0.2, -0.15) is 0 Å². The number of benzene rings is 1. The standard InChI is InChI=1S/C17H22ClN3/c1-11(2)16-19-15(18)13(4)17(20-16)21(5)10-14-9-7-6-8-12(14)3/h6-9,11H,10H2,1-5H3. The SMILES string of the molecule is Cc1ccccc1CN(C)c1nc(C(C)C)nc(Cl)c1C. The fourth-order valence-corrected chi connectivity index (χ4v) is 2.41. The summed E-state index contributed by atoms with van der Waals surface area (Å²) >= 11 is 6.26. The van der Waals surface area contributed by atoms with Crippen LogP contribution in [0.1, 0.15) is 42.3 Å². The second-order valence-electron chi connectivity index (χ2n) is 5.76. The normalized spacial score (nSPS) is 11.0. The molecule has 0 radical (unpaired) electrons. The van der Waals surface area contributed by atoms with Crippen LogP contribution in [0.3, 0.4) is 0 Å². The topological polar surface area (TPSA) is 29.0 Å². The predicted octanol–water partition coefficient (Wildman–Crippen LogP) is 4.51. The molecule has 0 saturated heterocycles. The molecule has 112 valence electrons. The van der Waals surface area contributed by atoms with Crippen LogP contribution in [0.4, 0.5) is 5.82 Å². The number of rotatable bonds is 4. The van der Waals surface area contributed by atoms with Crippen molar-refractivity contribution in [3.8, 4) is 0 Å². The van der Waals surface area contributed by atoms with E-state index in [4.69, 9.17) is 11.6 Å². The van der Waals surface area contributed by atoms with Gasteiger partial charge < -0.3 is 4.90 Å². The van der Waals surface area contributed by atoms with E-state index >= 15 is 0 Å². The molecule has 1 aromatic heterocycles. The van der Waals surface area contributed by atoms with E-state index in [1.54, 1.807) is 0 Å². The molecule has 0 fully saturated rings. The molecule has 0 aliphatic rings. The first-order valence-electron chi connectivity index (χ1n) is 7.19. The van der Waals surface area contributed by atoms with E-state index in [9.17, 15) is 0 Å². The lowest BCUT2D eigenvalue weighted by molar-refractivity contribution is 0.758. The Morgan fingerprint density at radius 3 is 2.43 bits per heavy atom. The van der Waals surface area contributed by atoms with Crippen LogP contribution in [0.25, 0.3) is 0 Å². The zero-order chi connectivity index (χ0) is 15.6. The Hall–Kier alpha value is -1.61.